The van der Waals surface area contributed by atoms with Gasteiger partial charge in [0.25, 0.3) is 0 Å². The zero-order valence-corrected chi connectivity index (χ0v) is 14.2. The number of benzene rings is 1. The normalized spacial score (nSPS) is 11.9. The van der Waals surface area contributed by atoms with Gasteiger partial charge in [-0.05, 0) is 43.4 Å². The summed E-state index contributed by atoms with van der Waals surface area (Å²) < 4.78 is 0. The number of aryl methyl sites for hydroxylation is 1. The van der Waals surface area contributed by atoms with E-state index in [0.29, 0.717) is 5.92 Å². The molecule has 0 heterocycles. The van der Waals surface area contributed by atoms with Gasteiger partial charge in [0, 0.05) is 25.3 Å². The Kier molecular flexibility index (Phi) is 6.54. The number of hydrogen-bond acceptors (Lipinski definition) is 2. The quantitative estimate of drug-likeness (QED) is 0.769. The Morgan fingerprint density at radius 2 is 1.85 bits per heavy atom. The molecule has 1 aromatic rings. The van der Waals surface area contributed by atoms with Gasteiger partial charge in [0.05, 0.1) is 0 Å². The molecule has 0 saturated heterocycles. The molecule has 0 radical (unpaired) electrons. The Morgan fingerprint density at radius 1 is 1.20 bits per heavy atom. The highest BCUT2D eigenvalue weighted by molar-refractivity contribution is 5.53. The maximum absolute atomic E-state index is 3.59. The van der Waals surface area contributed by atoms with Crippen molar-refractivity contribution >= 4 is 5.69 Å². The van der Waals surface area contributed by atoms with E-state index in [1.165, 1.54) is 11.3 Å². The van der Waals surface area contributed by atoms with Crippen LogP contribution in [0.2, 0.25) is 0 Å². The first-order valence-corrected chi connectivity index (χ1v) is 7.87. The average Bonchev–Trinajstić information content (AvgIpc) is 2.36. The van der Waals surface area contributed by atoms with Crippen molar-refractivity contribution in [2.24, 2.45) is 11.3 Å². The number of nitrogens with one attached hydrogen (secondary N) is 1. The van der Waals surface area contributed by atoms with Gasteiger partial charge in [0.1, 0.15) is 0 Å². The maximum Gasteiger partial charge on any atom is 0.0396 e. The van der Waals surface area contributed by atoms with Crippen molar-refractivity contribution in [3.8, 4) is 0 Å². The lowest BCUT2D eigenvalue weighted by molar-refractivity contribution is 0.334. The van der Waals surface area contributed by atoms with E-state index in [-0.39, 0.29) is 5.41 Å². The van der Waals surface area contributed by atoms with Crippen molar-refractivity contribution < 1.29 is 0 Å². The number of para-hydroxylation sites is 1. The highest BCUT2D eigenvalue weighted by atomic mass is 15.1. The SMILES string of the molecule is CCN(CC(C)(C)CNCC(C)C)c1ccccc1C. The first-order chi connectivity index (χ1) is 9.35. The van der Waals surface area contributed by atoms with Crippen molar-refractivity contribution in [1.82, 2.24) is 5.32 Å². The van der Waals surface area contributed by atoms with E-state index in [4.69, 9.17) is 0 Å². The molecule has 0 amide bonds. The molecule has 114 valence electrons. The van der Waals surface area contributed by atoms with E-state index in [0.717, 1.165) is 26.2 Å². The van der Waals surface area contributed by atoms with Crippen molar-refractivity contribution in [1.29, 1.82) is 0 Å². The molecule has 1 aromatic carbocycles. The van der Waals surface area contributed by atoms with Crippen LogP contribution in [0.1, 0.15) is 40.2 Å². The zero-order chi connectivity index (χ0) is 15.2. The fourth-order valence-corrected chi connectivity index (χ4v) is 2.56. The third-order valence-electron chi connectivity index (χ3n) is 3.61. The lowest BCUT2D eigenvalue weighted by Gasteiger charge is -2.34. The summed E-state index contributed by atoms with van der Waals surface area (Å²) in [7, 11) is 0. The number of hydrogen-bond donors (Lipinski definition) is 1. The number of anilines is 1. The van der Waals surface area contributed by atoms with Crippen LogP contribution >= 0.6 is 0 Å². The Hall–Kier alpha value is -1.02. The molecular weight excluding hydrogens is 244 g/mol. The lowest BCUT2D eigenvalue weighted by atomic mass is 9.92. The topological polar surface area (TPSA) is 15.3 Å². The fourth-order valence-electron chi connectivity index (χ4n) is 2.56. The minimum absolute atomic E-state index is 0.271. The Morgan fingerprint density at radius 3 is 2.40 bits per heavy atom. The molecule has 2 heteroatoms. The summed E-state index contributed by atoms with van der Waals surface area (Å²) in [6.07, 6.45) is 0. The standard InChI is InChI=1S/C18H32N2/c1-7-20(17-11-9-8-10-16(17)4)14-18(5,6)13-19-12-15(2)3/h8-11,15,19H,7,12-14H2,1-6H3. The van der Waals surface area contributed by atoms with E-state index in [1.54, 1.807) is 0 Å². The summed E-state index contributed by atoms with van der Waals surface area (Å²) in [6.45, 7) is 17.9. The monoisotopic (exact) mass is 276 g/mol. The molecular formula is C18H32N2. The summed E-state index contributed by atoms with van der Waals surface area (Å²) in [6, 6.07) is 8.68. The summed E-state index contributed by atoms with van der Waals surface area (Å²) in [5.41, 5.74) is 3.00. The minimum Gasteiger partial charge on any atom is -0.371 e. The molecule has 0 bridgehead atoms. The van der Waals surface area contributed by atoms with E-state index >= 15 is 0 Å². The van der Waals surface area contributed by atoms with Gasteiger partial charge in [-0.15, -0.1) is 0 Å². The van der Waals surface area contributed by atoms with Crippen LogP contribution < -0.4 is 10.2 Å². The van der Waals surface area contributed by atoms with Crippen LogP contribution in [0.15, 0.2) is 24.3 Å². The molecule has 0 unspecified atom stereocenters. The average molecular weight is 276 g/mol. The summed E-state index contributed by atoms with van der Waals surface area (Å²) >= 11 is 0. The fraction of sp³-hybridized carbons (Fsp3) is 0.667. The van der Waals surface area contributed by atoms with E-state index < -0.39 is 0 Å². The largest absolute Gasteiger partial charge is 0.371 e. The van der Waals surface area contributed by atoms with Crippen LogP contribution in [0.3, 0.4) is 0 Å². The molecule has 1 N–H and O–H groups in total. The summed E-state index contributed by atoms with van der Waals surface area (Å²) in [4.78, 5) is 2.49. The molecule has 0 spiro atoms. The van der Waals surface area contributed by atoms with E-state index in [2.05, 4.69) is 76.0 Å². The van der Waals surface area contributed by atoms with Crippen LogP contribution in [0.25, 0.3) is 0 Å². The highest BCUT2D eigenvalue weighted by Crippen LogP contribution is 2.24. The Labute approximate surface area is 125 Å². The lowest BCUT2D eigenvalue weighted by Crippen LogP contribution is -2.41. The van der Waals surface area contributed by atoms with Crippen LogP contribution in [0, 0.1) is 18.3 Å². The number of nitrogens with zero attached hydrogens (tertiary/aromatic N) is 1. The number of rotatable bonds is 8. The maximum atomic E-state index is 3.59. The predicted molar refractivity (Wildman–Crippen MR) is 90.6 cm³/mol. The third kappa shape index (κ3) is 5.54. The van der Waals surface area contributed by atoms with Crippen LogP contribution in [0.4, 0.5) is 5.69 Å². The smallest absolute Gasteiger partial charge is 0.0396 e. The van der Waals surface area contributed by atoms with Gasteiger partial charge in [-0.1, -0.05) is 45.9 Å². The van der Waals surface area contributed by atoms with Crippen molar-refractivity contribution in [3.63, 3.8) is 0 Å². The van der Waals surface area contributed by atoms with Crippen molar-refractivity contribution in [2.45, 2.75) is 41.5 Å². The van der Waals surface area contributed by atoms with Crippen LogP contribution in [-0.4, -0.2) is 26.2 Å². The second-order valence-corrected chi connectivity index (χ2v) is 6.99. The summed E-state index contributed by atoms with van der Waals surface area (Å²) in [5.74, 6) is 0.712. The van der Waals surface area contributed by atoms with Gasteiger partial charge in [-0.25, -0.2) is 0 Å². The molecule has 2 nitrogen and oxygen atoms in total. The van der Waals surface area contributed by atoms with Crippen molar-refractivity contribution in [3.05, 3.63) is 29.8 Å². The molecule has 1 rings (SSSR count). The Bertz CT molecular complexity index is 396. The van der Waals surface area contributed by atoms with Gasteiger partial charge in [-0.2, -0.15) is 0 Å². The van der Waals surface area contributed by atoms with Gasteiger partial charge >= 0.3 is 0 Å². The minimum atomic E-state index is 0.271. The molecule has 0 atom stereocenters. The van der Waals surface area contributed by atoms with Gasteiger partial charge in [0.15, 0.2) is 0 Å². The molecule has 0 aromatic heterocycles. The molecule has 0 aliphatic heterocycles. The van der Waals surface area contributed by atoms with Crippen LogP contribution in [-0.2, 0) is 0 Å². The first kappa shape index (κ1) is 17.0. The van der Waals surface area contributed by atoms with Crippen molar-refractivity contribution in [2.75, 3.05) is 31.1 Å². The second-order valence-electron chi connectivity index (χ2n) is 6.99. The van der Waals surface area contributed by atoms with Gasteiger partial charge < -0.3 is 10.2 Å². The first-order valence-electron chi connectivity index (χ1n) is 7.87. The highest BCUT2D eigenvalue weighted by Gasteiger charge is 2.21. The molecule has 0 aliphatic rings. The van der Waals surface area contributed by atoms with Crippen LogP contribution in [0.5, 0.6) is 0 Å². The predicted octanol–water partition coefficient (Wildman–Crippen LogP) is 4.09. The molecule has 0 aliphatic carbocycles. The van der Waals surface area contributed by atoms with Gasteiger partial charge in [0.2, 0.25) is 0 Å². The Balaban J connectivity index is 2.65. The summed E-state index contributed by atoms with van der Waals surface area (Å²) in [5, 5.41) is 3.59. The molecule has 0 saturated carbocycles. The zero-order valence-electron chi connectivity index (χ0n) is 14.2. The molecule has 0 fully saturated rings. The van der Waals surface area contributed by atoms with E-state index in [9.17, 15) is 0 Å². The van der Waals surface area contributed by atoms with E-state index in [1.807, 2.05) is 0 Å². The third-order valence-corrected chi connectivity index (χ3v) is 3.61. The second kappa shape index (κ2) is 7.68. The van der Waals surface area contributed by atoms with Gasteiger partial charge in [-0.3, -0.25) is 0 Å². The molecule has 20 heavy (non-hydrogen) atoms.